The molecule has 1 aromatic rings. The van der Waals surface area contributed by atoms with E-state index in [9.17, 15) is 4.39 Å². The summed E-state index contributed by atoms with van der Waals surface area (Å²) >= 11 is 0. The maximum atomic E-state index is 13.8. The zero-order valence-corrected chi connectivity index (χ0v) is 12.8. The molecule has 0 spiro atoms. The van der Waals surface area contributed by atoms with E-state index in [1.165, 1.54) is 0 Å². The van der Waals surface area contributed by atoms with Crippen LogP contribution in [0.5, 0.6) is 0 Å². The van der Waals surface area contributed by atoms with Gasteiger partial charge in [-0.1, -0.05) is 18.2 Å². The summed E-state index contributed by atoms with van der Waals surface area (Å²) in [5, 5.41) is 0. The molecule has 3 nitrogen and oxygen atoms in total. The van der Waals surface area contributed by atoms with Gasteiger partial charge in [0.1, 0.15) is 5.82 Å². The van der Waals surface area contributed by atoms with Crippen LogP contribution in [0.4, 0.5) is 4.39 Å². The van der Waals surface area contributed by atoms with Crippen molar-refractivity contribution >= 4 is 5.71 Å². The predicted octanol–water partition coefficient (Wildman–Crippen LogP) is 3.15. The van der Waals surface area contributed by atoms with Crippen molar-refractivity contribution in [2.75, 3.05) is 32.8 Å². The Morgan fingerprint density at radius 3 is 2.95 bits per heavy atom. The molecule has 2 rings (SSSR count). The minimum Gasteiger partial charge on any atom is -0.368 e. The van der Waals surface area contributed by atoms with Gasteiger partial charge in [-0.3, -0.25) is 9.89 Å². The topological polar surface area (TPSA) is 24.8 Å². The summed E-state index contributed by atoms with van der Waals surface area (Å²) in [5.41, 5.74) is 2.67. The van der Waals surface area contributed by atoms with Gasteiger partial charge in [-0.2, -0.15) is 0 Å². The second-order valence-electron chi connectivity index (χ2n) is 5.47. The monoisotopic (exact) mass is 290 g/mol. The molecule has 0 aromatic heterocycles. The Balaban J connectivity index is 2.11. The lowest BCUT2D eigenvalue weighted by Gasteiger charge is -2.29. The van der Waals surface area contributed by atoms with Crippen LogP contribution < -0.4 is 0 Å². The minimum absolute atomic E-state index is 0.149. The van der Waals surface area contributed by atoms with Gasteiger partial charge in [-0.05, 0) is 31.0 Å². The number of hydrogen-bond acceptors (Lipinski definition) is 3. The summed E-state index contributed by atoms with van der Waals surface area (Å²) < 4.78 is 19.6. The van der Waals surface area contributed by atoms with Gasteiger partial charge in [0.15, 0.2) is 0 Å². The molecule has 1 aliphatic heterocycles. The van der Waals surface area contributed by atoms with E-state index < -0.39 is 0 Å². The van der Waals surface area contributed by atoms with E-state index in [4.69, 9.17) is 4.74 Å². The second-order valence-corrected chi connectivity index (χ2v) is 5.47. The largest absolute Gasteiger partial charge is 0.368 e. The summed E-state index contributed by atoms with van der Waals surface area (Å²) in [6, 6.07) is 5.32. The molecule has 0 radical (unpaired) electrons. The minimum atomic E-state index is -0.184. The van der Waals surface area contributed by atoms with Gasteiger partial charge in [0, 0.05) is 25.3 Å². The Hall–Kier alpha value is -1.52. The highest BCUT2D eigenvalue weighted by molar-refractivity contribution is 5.84. The SMILES string of the molecule is C=CCOC(CN1CCN=C(C)C1)c1ccc(C)c(F)c1. The molecule has 4 heteroatoms. The van der Waals surface area contributed by atoms with Crippen molar-refractivity contribution in [1.29, 1.82) is 0 Å². The highest BCUT2D eigenvalue weighted by atomic mass is 19.1. The number of rotatable bonds is 6. The van der Waals surface area contributed by atoms with Crippen LogP contribution in [0.15, 0.2) is 35.8 Å². The van der Waals surface area contributed by atoms with E-state index in [0.717, 1.165) is 37.5 Å². The summed E-state index contributed by atoms with van der Waals surface area (Å²) in [7, 11) is 0. The van der Waals surface area contributed by atoms with Crippen molar-refractivity contribution in [2.24, 2.45) is 4.99 Å². The first-order valence-electron chi connectivity index (χ1n) is 7.31. The molecule has 0 saturated carbocycles. The lowest BCUT2D eigenvalue weighted by atomic mass is 10.1. The van der Waals surface area contributed by atoms with Crippen molar-refractivity contribution in [3.63, 3.8) is 0 Å². The molecule has 0 bridgehead atoms. The molecule has 0 saturated heterocycles. The molecule has 0 amide bonds. The Morgan fingerprint density at radius 1 is 1.48 bits per heavy atom. The van der Waals surface area contributed by atoms with Crippen molar-refractivity contribution in [1.82, 2.24) is 4.90 Å². The molecule has 1 atom stereocenters. The van der Waals surface area contributed by atoms with Crippen molar-refractivity contribution in [3.05, 3.63) is 47.8 Å². The summed E-state index contributed by atoms with van der Waals surface area (Å²) in [5.74, 6) is -0.184. The van der Waals surface area contributed by atoms with Gasteiger partial charge >= 0.3 is 0 Å². The zero-order chi connectivity index (χ0) is 15.2. The number of aryl methyl sites for hydroxylation is 1. The number of nitrogens with zero attached hydrogens (tertiary/aromatic N) is 2. The van der Waals surface area contributed by atoms with E-state index in [1.54, 1.807) is 25.1 Å². The fourth-order valence-electron chi connectivity index (χ4n) is 2.47. The first-order valence-corrected chi connectivity index (χ1v) is 7.31. The van der Waals surface area contributed by atoms with Crippen molar-refractivity contribution in [2.45, 2.75) is 20.0 Å². The molecule has 1 aromatic carbocycles. The Kier molecular flexibility index (Phi) is 5.65. The van der Waals surface area contributed by atoms with Crippen LogP contribution in [0.3, 0.4) is 0 Å². The van der Waals surface area contributed by atoms with Gasteiger partial charge in [-0.15, -0.1) is 6.58 Å². The average Bonchev–Trinajstić information content (AvgIpc) is 2.46. The van der Waals surface area contributed by atoms with Crippen LogP contribution in [0.25, 0.3) is 0 Å². The molecule has 1 unspecified atom stereocenters. The van der Waals surface area contributed by atoms with Crippen molar-refractivity contribution in [3.8, 4) is 0 Å². The highest BCUT2D eigenvalue weighted by Crippen LogP contribution is 2.22. The van der Waals surface area contributed by atoms with Crippen LogP contribution in [0.1, 0.15) is 24.2 Å². The molecule has 0 fully saturated rings. The molecule has 0 N–H and O–H groups in total. The number of halogens is 1. The van der Waals surface area contributed by atoms with E-state index in [2.05, 4.69) is 16.5 Å². The maximum absolute atomic E-state index is 13.8. The van der Waals surface area contributed by atoms with Gasteiger partial charge in [-0.25, -0.2) is 4.39 Å². The van der Waals surface area contributed by atoms with Gasteiger partial charge < -0.3 is 4.74 Å². The Labute approximate surface area is 126 Å². The van der Waals surface area contributed by atoms with E-state index >= 15 is 0 Å². The lowest BCUT2D eigenvalue weighted by Crippen LogP contribution is -2.38. The first-order chi connectivity index (χ1) is 10.1. The number of ether oxygens (including phenoxy) is 1. The Bertz CT molecular complexity index is 528. The van der Waals surface area contributed by atoms with Crippen LogP contribution in [0.2, 0.25) is 0 Å². The number of benzene rings is 1. The quantitative estimate of drug-likeness (QED) is 0.752. The van der Waals surface area contributed by atoms with E-state index in [1.807, 2.05) is 13.0 Å². The predicted molar refractivity (Wildman–Crippen MR) is 84.4 cm³/mol. The van der Waals surface area contributed by atoms with Gasteiger partial charge in [0.2, 0.25) is 0 Å². The summed E-state index contributed by atoms with van der Waals surface area (Å²) in [4.78, 5) is 6.71. The fourth-order valence-corrected chi connectivity index (χ4v) is 2.47. The molecular weight excluding hydrogens is 267 g/mol. The van der Waals surface area contributed by atoms with Gasteiger partial charge in [0.05, 0.1) is 19.3 Å². The average molecular weight is 290 g/mol. The third-order valence-electron chi connectivity index (χ3n) is 3.66. The first kappa shape index (κ1) is 15.9. The third-order valence-corrected chi connectivity index (χ3v) is 3.66. The second kappa shape index (κ2) is 7.48. The standard InChI is InChI=1S/C17H23FN2O/c1-4-9-21-17(12-20-8-7-19-14(3)11-20)15-6-5-13(2)16(18)10-15/h4-6,10,17H,1,7-9,11-12H2,2-3H3. The maximum Gasteiger partial charge on any atom is 0.126 e. The zero-order valence-electron chi connectivity index (χ0n) is 12.8. The fraction of sp³-hybridized carbons (Fsp3) is 0.471. The Morgan fingerprint density at radius 2 is 2.29 bits per heavy atom. The van der Waals surface area contributed by atoms with Crippen molar-refractivity contribution < 1.29 is 9.13 Å². The number of hydrogen-bond donors (Lipinski definition) is 0. The summed E-state index contributed by atoms with van der Waals surface area (Å²) in [6.45, 7) is 11.3. The normalized spacial score (nSPS) is 17.4. The highest BCUT2D eigenvalue weighted by Gasteiger charge is 2.19. The number of aliphatic imine (C=N–C) groups is 1. The van der Waals surface area contributed by atoms with Crippen LogP contribution in [0, 0.1) is 12.7 Å². The van der Waals surface area contributed by atoms with Gasteiger partial charge in [0.25, 0.3) is 0 Å². The molecule has 21 heavy (non-hydrogen) atoms. The summed E-state index contributed by atoms with van der Waals surface area (Å²) in [6.07, 6.45) is 1.57. The van der Waals surface area contributed by atoms with Crippen LogP contribution >= 0.6 is 0 Å². The smallest absolute Gasteiger partial charge is 0.126 e. The van der Waals surface area contributed by atoms with Crippen LogP contribution in [-0.2, 0) is 4.74 Å². The molecule has 1 heterocycles. The van der Waals surface area contributed by atoms with E-state index in [-0.39, 0.29) is 11.9 Å². The molecule has 114 valence electrons. The lowest BCUT2D eigenvalue weighted by molar-refractivity contribution is 0.0451. The third kappa shape index (κ3) is 4.48. The van der Waals surface area contributed by atoms with E-state index in [0.29, 0.717) is 12.2 Å². The molecular formula is C17H23FN2O. The van der Waals surface area contributed by atoms with Crippen LogP contribution in [-0.4, -0.2) is 43.4 Å². The molecule has 0 aliphatic carbocycles. The molecule has 1 aliphatic rings.